The second-order valence-corrected chi connectivity index (χ2v) is 9.09. The van der Waals surface area contributed by atoms with E-state index in [2.05, 4.69) is 20.3 Å². The molecule has 0 aliphatic carbocycles. The lowest BCUT2D eigenvalue weighted by molar-refractivity contribution is -0.119. The van der Waals surface area contributed by atoms with Crippen molar-refractivity contribution >= 4 is 23.5 Å². The van der Waals surface area contributed by atoms with Crippen LogP contribution >= 0.6 is 0 Å². The van der Waals surface area contributed by atoms with Gasteiger partial charge in [-0.3, -0.25) is 14.3 Å². The number of carbonyl (C=O) groups excluding carboxylic acids is 2. The summed E-state index contributed by atoms with van der Waals surface area (Å²) in [5.41, 5.74) is 1.00. The van der Waals surface area contributed by atoms with Crippen molar-refractivity contribution in [3.8, 4) is 29.0 Å². The second kappa shape index (κ2) is 10.0. The molecule has 5 rings (SSSR count). The molecule has 1 saturated heterocycles. The number of imidazole rings is 1. The zero-order chi connectivity index (χ0) is 27.0. The van der Waals surface area contributed by atoms with Crippen LogP contribution in [0.25, 0.3) is 11.1 Å². The number of anilines is 2. The van der Waals surface area contributed by atoms with E-state index in [9.17, 15) is 14.7 Å². The summed E-state index contributed by atoms with van der Waals surface area (Å²) in [5, 5.41) is 12.2. The molecule has 0 bridgehead atoms. The van der Waals surface area contributed by atoms with Crippen LogP contribution in [0, 0.1) is 5.82 Å². The first-order chi connectivity index (χ1) is 18.2. The van der Waals surface area contributed by atoms with Crippen LogP contribution in [0.3, 0.4) is 0 Å². The largest absolute Gasteiger partial charge is 0.492 e. The molecule has 2 atom stereocenters. The number of hydrogen-bond donors (Lipinski definition) is 2. The maximum absolute atomic E-state index is 15.3. The molecule has 2 aromatic heterocycles. The molecule has 2 aliphatic heterocycles. The van der Waals surface area contributed by atoms with E-state index in [-0.39, 0.29) is 43.1 Å². The van der Waals surface area contributed by atoms with Gasteiger partial charge >= 0.3 is 12.1 Å². The van der Waals surface area contributed by atoms with Crippen molar-refractivity contribution < 1.29 is 33.3 Å². The van der Waals surface area contributed by atoms with Gasteiger partial charge in [-0.25, -0.2) is 14.2 Å². The van der Waals surface area contributed by atoms with Crippen molar-refractivity contribution in [1.29, 1.82) is 0 Å². The van der Waals surface area contributed by atoms with Crippen LogP contribution in [-0.4, -0.2) is 82.6 Å². The molecule has 2 aliphatic rings. The Kier molecular flexibility index (Phi) is 6.61. The van der Waals surface area contributed by atoms with Crippen molar-refractivity contribution in [2.24, 2.45) is 0 Å². The van der Waals surface area contributed by atoms with Crippen molar-refractivity contribution in [1.82, 2.24) is 24.8 Å². The molecule has 2 amide bonds. The first kappa shape index (κ1) is 25.0. The highest BCUT2D eigenvalue weighted by molar-refractivity contribution is 5.90. The lowest BCUT2D eigenvalue weighted by Crippen LogP contribution is -2.35. The maximum atomic E-state index is 15.3. The fourth-order valence-electron chi connectivity index (χ4n) is 4.22. The molecule has 1 aromatic carbocycles. The number of amides is 2. The summed E-state index contributed by atoms with van der Waals surface area (Å²) in [6.45, 7) is 2.31. The third-order valence-electron chi connectivity index (χ3n) is 5.98. The number of hydrogen-bond acceptors (Lipinski definition) is 10. The summed E-state index contributed by atoms with van der Waals surface area (Å²) in [4.78, 5) is 39.1. The van der Waals surface area contributed by atoms with Gasteiger partial charge in [0.15, 0.2) is 6.10 Å². The summed E-state index contributed by atoms with van der Waals surface area (Å²) in [6, 6.07) is 4.80. The van der Waals surface area contributed by atoms with Gasteiger partial charge in [0.2, 0.25) is 11.8 Å². The summed E-state index contributed by atoms with van der Waals surface area (Å²) < 4.78 is 33.6. The number of benzene rings is 1. The number of nitrogens with one attached hydrogen (secondary N) is 1. The van der Waals surface area contributed by atoms with E-state index in [0.29, 0.717) is 29.6 Å². The Morgan fingerprint density at radius 3 is 2.84 bits per heavy atom. The predicted octanol–water partition coefficient (Wildman–Crippen LogP) is 1.55. The molecule has 38 heavy (non-hydrogen) atoms. The number of cyclic esters (lactones) is 1. The van der Waals surface area contributed by atoms with Crippen molar-refractivity contribution in [2.75, 3.05) is 43.6 Å². The van der Waals surface area contributed by atoms with Gasteiger partial charge in [-0.15, -0.1) is 0 Å². The molecule has 1 fully saturated rings. The molecular formula is C24H26FN7O6. The Hall–Kier alpha value is -4.62. The van der Waals surface area contributed by atoms with Crippen LogP contribution in [-0.2, 0) is 16.1 Å². The standard InChI is InChI=1S/C24H26FN7O6/c1-13(33)26-7-15-10-32(24(35)38-15)14-4-5-17(19(25)6-14)18-8-27-22(29-21(18)30(2)3)37-16-9-31-11-20(34)28-23(31)36-12-16/h4-6,8,11,15-16,34H,7,9-10,12H2,1-3H3,(H,26,33)/t15-,16-/m0/s1. The molecule has 2 N–H and O–H groups in total. The van der Waals surface area contributed by atoms with E-state index in [0.717, 1.165) is 0 Å². The first-order valence-electron chi connectivity index (χ1n) is 11.8. The SMILES string of the molecule is CC(=O)NC[C@H]1CN(c2ccc(-c3cnc(O[C@@H]4COc5nc(O)cn5C4)nc3N(C)C)c(F)c2)C(=O)O1. The minimum absolute atomic E-state index is 0.0842. The van der Waals surface area contributed by atoms with E-state index in [1.807, 2.05) is 0 Å². The molecule has 13 nitrogen and oxygen atoms in total. The fourth-order valence-corrected chi connectivity index (χ4v) is 4.22. The monoisotopic (exact) mass is 527 g/mol. The summed E-state index contributed by atoms with van der Waals surface area (Å²) in [6.07, 6.45) is 1.34. The molecule has 14 heteroatoms. The number of aromatic hydroxyl groups is 1. The fraction of sp³-hybridized carbons (Fsp3) is 0.375. The Bertz CT molecular complexity index is 1380. The van der Waals surface area contributed by atoms with Gasteiger partial charge < -0.3 is 29.5 Å². The van der Waals surface area contributed by atoms with Crippen LogP contribution in [0.5, 0.6) is 17.9 Å². The molecule has 3 aromatic rings. The lowest BCUT2D eigenvalue weighted by Gasteiger charge is -2.24. The van der Waals surface area contributed by atoms with Gasteiger partial charge in [-0.05, 0) is 18.2 Å². The zero-order valence-electron chi connectivity index (χ0n) is 20.9. The van der Waals surface area contributed by atoms with Crippen LogP contribution < -0.4 is 24.6 Å². The molecule has 0 radical (unpaired) electrons. The average Bonchev–Trinajstić information content (AvgIpc) is 3.43. The molecular weight excluding hydrogens is 501 g/mol. The van der Waals surface area contributed by atoms with E-state index < -0.39 is 24.1 Å². The Morgan fingerprint density at radius 2 is 2.11 bits per heavy atom. The van der Waals surface area contributed by atoms with E-state index in [1.165, 1.54) is 30.3 Å². The van der Waals surface area contributed by atoms with Gasteiger partial charge in [0.25, 0.3) is 6.01 Å². The Labute approximate surface area is 216 Å². The number of carbonyl (C=O) groups is 2. The highest BCUT2D eigenvalue weighted by atomic mass is 19.1. The van der Waals surface area contributed by atoms with Gasteiger partial charge in [0.05, 0.1) is 31.5 Å². The highest BCUT2D eigenvalue weighted by Crippen LogP contribution is 2.34. The van der Waals surface area contributed by atoms with E-state index >= 15 is 4.39 Å². The molecule has 0 unspecified atom stereocenters. The van der Waals surface area contributed by atoms with Crippen LogP contribution in [0.4, 0.5) is 20.7 Å². The smallest absolute Gasteiger partial charge is 0.414 e. The number of fused-ring (bicyclic) bond motifs is 1. The van der Waals surface area contributed by atoms with Crippen LogP contribution in [0.15, 0.2) is 30.6 Å². The van der Waals surface area contributed by atoms with Gasteiger partial charge in [0.1, 0.15) is 24.3 Å². The minimum Gasteiger partial charge on any atom is -0.492 e. The number of nitrogens with zero attached hydrogens (tertiary/aromatic N) is 6. The Morgan fingerprint density at radius 1 is 1.29 bits per heavy atom. The third-order valence-corrected chi connectivity index (χ3v) is 5.98. The third kappa shape index (κ3) is 5.10. The minimum atomic E-state index is -0.615. The maximum Gasteiger partial charge on any atom is 0.414 e. The normalized spacial score (nSPS) is 18.4. The number of halogens is 1. The second-order valence-electron chi connectivity index (χ2n) is 9.09. The topological polar surface area (TPSA) is 144 Å². The van der Waals surface area contributed by atoms with Crippen molar-refractivity contribution in [2.45, 2.75) is 25.7 Å². The van der Waals surface area contributed by atoms with Crippen molar-refractivity contribution in [3.63, 3.8) is 0 Å². The summed E-state index contributed by atoms with van der Waals surface area (Å²) in [5.74, 6) is -0.523. The van der Waals surface area contributed by atoms with E-state index in [1.54, 1.807) is 35.7 Å². The first-order valence-corrected chi connectivity index (χ1v) is 11.8. The molecule has 200 valence electrons. The zero-order valence-corrected chi connectivity index (χ0v) is 20.9. The molecule has 0 saturated carbocycles. The van der Waals surface area contributed by atoms with Gasteiger partial charge in [0, 0.05) is 38.3 Å². The van der Waals surface area contributed by atoms with Crippen LogP contribution in [0.1, 0.15) is 6.92 Å². The predicted molar refractivity (Wildman–Crippen MR) is 132 cm³/mol. The molecule has 0 spiro atoms. The van der Waals surface area contributed by atoms with Crippen molar-refractivity contribution in [3.05, 3.63) is 36.4 Å². The van der Waals surface area contributed by atoms with Gasteiger partial charge in [-0.1, -0.05) is 0 Å². The average molecular weight is 528 g/mol. The summed E-state index contributed by atoms with van der Waals surface area (Å²) >= 11 is 0. The van der Waals surface area contributed by atoms with E-state index in [4.69, 9.17) is 14.2 Å². The number of rotatable bonds is 7. The summed E-state index contributed by atoms with van der Waals surface area (Å²) in [7, 11) is 3.53. The molecule has 4 heterocycles. The number of aromatic nitrogens is 4. The highest BCUT2D eigenvalue weighted by Gasteiger charge is 2.33. The Balaban J connectivity index is 1.33. The quantitative estimate of drug-likeness (QED) is 0.464. The van der Waals surface area contributed by atoms with Crippen LogP contribution in [0.2, 0.25) is 0 Å². The van der Waals surface area contributed by atoms with Gasteiger partial charge in [-0.2, -0.15) is 9.97 Å². The lowest BCUT2D eigenvalue weighted by atomic mass is 10.1. The number of ether oxygens (including phenoxy) is 3.